The van der Waals surface area contributed by atoms with Crippen LogP contribution in [0, 0.1) is 6.92 Å². The Bertz CT molecular complexity index is 1220. The molecule has 166 valence electrons. The normalized spacial score (nSPS) is 11.1. The van der Waals surface area contributed by atoms with E-state index < -0.39 is 28.4 Å². The number of nitrogens with one attached hydrogen (secondary N) is 1. The summed E-state index contributed by atoms with van der Waals surface area (Å²) in [4.78, 5) is 25.2. The van der Waals surface area contributed by atoms with E-state index in [0.29, 0.717) is 11.4 Å². The minimum atomic E-state index is -4.01. The van der Waals surface area contributed by atoms with Gasteiger partial charge in [-0.15, -0.1) is 11.8 Å². The molecule has 32 heavy (non-hydrogen) atoms. The molecule has 0 saturated heterocycles. The zero-order valence-corrected chi connectivity index (χ0v) is 19.2. The van der Waals surface area contributed by atoms with Crippen LogP contribution in [0.5, 0.6) is 0 Å². The van der Waals surface area contributed by atoms with Crippen LogP contribution >= 0.6 is 11.8 Å². The highest BCUT2D eigenvalue weighted by Crippen LogP contribution is 2.26. The maximum Gasteiger partial charge on any atom is 0.264 e. The van der Waals surface area contributed by atoms with Crippen LogP contribution in [0.2, 0.25) is 0 Å². The lowest BCUT2D eigenvalue weighted by molar-refractivity contribution is -0.114. The summed E-state index contributed by atoms with van der Waals surface area (Å²) in [5, 5.41) is 2.63. The van der Waals surface area contributed by atoms with Gasteiger partial charge in [-0.2, -0.15) is 0 Å². The van der Waals surface area contributed by atoms with Crippen molar-refractivity contribution >= 4 is 45.0 Å². The minimum Gasteiger partial charge on any atom is -0.366 e. The molecule has 0 bridgehead atoms. The molecular weight excluding hydrogens is 446 g/mol. The van der Waals surface area contributed by atoms with Crippen molar-refractivity contribution in [2.75, 3.05) is 22.4 Å². The summed E-state index contributed by atoms with van der Waals surface area (Å²) >= 11 is 1.50. The molecule has 0 radical (unpaired) electrons. The number of thioether (sulfide) groups is 1. The number of benzene rings is 3. The lowest BCUT2D eigenvalue weighted by Crippen LogP contribution is -2.38. The second-order valence-electron chi connectivity index (χ2n) is 7.02. The Balaban J connectivity index is 1.92. The van der Waals surface area contributed by atoms with Crippen molar-refractivity contribution in [1.82, 2.24) is 0 Å². The SMILES string of the molecule is CSc1ccc(S(=O)(=O)N(CC(=O)Nc2cccc(C(N)=O)c2)c2ccc(C)cc2)cc1. The van der Waals surface area contributed by atoms with E-state index >= 15 is 0 Å². The molecule has 3 aromatic carbocycles. The molecule has 0 aliphatic heterocycles. The number of carbonyl (C=O) groups excluding carboxylic acids is 2. The first-order valence-electron chi connectivity index (χ1n) is 9.64. The number of hydrogen-bond acceptors (Lipinski definition) is 5. The molecule has 0 unspecified atom stereocenters. The summed E-state index contributed by atoms with van der Waals surface area (Å²) in [7, 11) is -4.01. The molecule has 7 nitrogen and oxygen atoms in total. The summed E-state index contributed by atoms with van der Waals surface area (Å²) in [6.07, 6.45) is 1.90. The molecule has 0 aliphatic rings. The number of sulfonamides is 1. The molecule has 0 spiro atoms. The first-order valence-corrected chi connectivity index (χ1v) is 12.3. The molecule has 3 N–H and O–H groups in total. The van der Waals surface area contributed by atoms with Crippen LogP contribution in [0.1, 0.15) is 15.9 Å². The molecule has 0 heterocycles. The molecule has 2 amide bonds. The molecule has 0 fully saturated rings. The maximum absolute atomic E-state index is 13.4. The van der Waals surface area contributed by atoms with Crippen molar-refractivity contribution in [3.8, 4) is 0 Å². The molecule has 0 saturated carbocycles. The number of anilines is 2. The van der Waals surface area contributed by atoms with Crippen LogP contribution in [0.3, 0.4) is 0 Å². The van der Waals surface area contributed by atoms with Gasteiger partial charge in [0.2, 0.25) is 11.8 Å². The Morgan fingerprint density at radius 1 is 1.00 bits per heavy atom. The smallest absolute Gasteiger partial charge is 0.264 e. The Kier molecular flexibility index (Phi) is 7.22. The Labute approximate surface area is 191 Å². The Morgan fingerprint density at radius 3 is 2.25 bits per heavy atom. The van der Waals surface area contributed by atoms with Gasteiger partial charge >= 0.3 is 0 Å². The molecule has 3 aromatic rings. The van der Waals surface area contributed by atoms with Crippen molar-refractivity contribution in [2.45, 2.75) is 16.7 Å². The number of primary amides is 1. The zero-order valence-electron chi connectivity index (χ0n) is 17.6. The average molecular weight is 470 g/mol. The lowest BCUT2D eigenvalue weighted by Gasteiger charge is -2.24. The molecule has 9 heteroatoms. The lowest BCUT2D eigenvalue weighted by atomic mass is 10.2. The molecule has 0 aromatic heterocycles. The first kappa shape index (κ1) is 23.4. The predicted octanol–water partition coefficient (Wildman–Crippen LogP) is 3.65. The number of amides is 2. The van der Waals surface area contributed by atoms with Crippen molar-refractivity contribution in [2.24, 2.45) is 5.73 Å². The second kappa shape index (κ2) is 9.88. The van der Waals surface area contributed by atoms with Gasteiger partial charge in [-0.3, -0.25) is 13.9 Å². The second-order valence-corrected chi connectivity index (χ2v) is 9.76. The van der Waals surface area contributed by atoms with Gasteiger partial charge in [-0.1, -0.05) is 23.8 Å². The number of aryl methyl sites for hydroxylation is 1. The van der Waals surface area contributed by atoms with Crippen LogP contribution in [0.4, 0.5) is 11.4 Å². The molecule has 0 atom stereocenters. The van der Waals surface area contributed by atoms with E-state index in [1.165, 1.54) is 36.0 Å². The Hall–Kier alpha value is -3.30. The fourth-order valence-electron chi connectivity index (χ4n) is 2.98. The van der Waals surface area contributed by atoms with Gasteiger partial charge < -0.3 is 11.1 Å². The highest BCUT2D eigenvalue weighted by atomic mass is 32.2. The highest BCUT2D eigenvalue weighted by molar-refractivity contribution is 7.98. The summed E-state index contributed by atoms with van der Waals surface area (Å²) in [6.45, 7) is 1.44. The standard InChI is InChI=1S/C23H23N3O4S2/c1-16-6-8-19(9-7-16)26(32(29,30)21-12-10-20(31-2)11-13-21)15-22(27)25-18-5-3-4-17(14-18)23(24)28/h3-14H,15H2,1-2H3,(H2,24,28)(H,25,27). The Morgan fingerprint density at radius 2 is 1.66 bits per heavy atom. The summed E-state index contributed by atoms with van der Waals surface area (Å²) < 4.78 is 27.9. The number of nitrogens with two attached hydrogens (primary N) is 1. The van der Waals surface area contributed by atoms with Crippen LogP contribution < -0.4 is 15.4 Å². The number of hydrogen-bond donors (Lipinski definition) is 2. The minimum absolute atomic E-state index is 0.0828. The van der Waals surface area contributed by atoms with E-state index in [2.05, 4.69) is 5.32 Å². The van der Waals surface area contributed by atoms with Gasteiger partial charge in [0.05, 0.1) is 10.6 Å². The van der Waals surface area contributed by atoms with Gasteiger partial charge in [0.15, 0.2) is 0 Å². The molecular formula is C23H23N3O4S2. The van der Waals surface area contributed by atoms with Gasteiger partial charge in [-0.25, -0.2) is 8.42 Å². The van der Waals surface area contributed by atoms with Crippen molar-refractivity contribution in [3.05, 3.63) is 83.9 Å². The summed E-state index contributed by atoms with van der Waals surface area (Å²) in [5.74, 6) is -1.19. The van der Waals surface area contributed by atoms with E-state index in [0.717, 1.165) is 14.8 Å². The van der Waals surface area contributed by atoms with Gasteiger partial charge in [0.1, 0.15) is 6.54 Å². The van der Waals surface area contributed by atoms with E-state index in [-0.39, 0.29) is 10.5 Å². The van der Waals surface area contributed by atoms with Crippen molar-refractivity contribution in [1.29, 1.82) is 0 Å². The number of carbonyl (C=O) groups is 2. The van der Waals surface area contributed by atoms with Crippen molar-refractivity contribution < 1.29 is 18.0 Å². The van der Waals surface area contributed by atoms with Crippen LogP contribution in [-0.4, -0.2) is 33.0 Å². The van der Waals surface area contributed by atoms with Gasteiger partial charge in [0.25, 0.3) is 10.0 Å². The predicted molar refractivity (Wildman–Crippen MR) is 128 cm³/mol. The third kappa shape index (κ3) is 5.49. The van der Waals surface area contributed by atoms with E-state index in [9.17, 15) is 18.0 Å². The third-order valence-corrected chi connectivity index (χ3v) is 7.22. The largest absolute Gasteiger partial charge is 0.366 e. The monoisotopic (exact) mass is 469 g/mol. The van der Waals surface area contributed by atoms with E-state index in [1.807, 2.05) is 13.2 Å². The van der Waals surface area contributed by atoms with Crippen LogP contribution in [-0.2, 0) is 14.8 Å². The fourth-order valence-corrected chi connectivity index (χ4v) is 4.81. The highest BCUT2D eigenvalue weighted by Gasteiger charge is 2.27. The summed E-state index contributed by atoms with van der Waals surface area (Å²) in [6, 6.07) is 19.5. The fraction of sp³-hybridized carbons (Fsp3) is 0.130. The van der Waals surface area contributed by atoms with Crippen LogP contribution in [0.15, 0.2) is 82.6 Å². The number of nitrogens with zero attached hydrogens (tertiary/aromatic N) is 1. The summed E-state index contributed by atoms with van der Waals surface area (Å²) in [5.41, 5.74) is 7.19. The number of rotatable bonds is 8. The van der Waals surface area contributed by atoms with E-state index in [1.54, 1.807) is 48.5 Å². The average Bonchev–Trinajstić information content (AvgIpc) is 2.78. The topological polar surface area (TPSA) is 110 Å². The first-order chi connectivity index (χ1) is 15.2. The quantitative estimate of drug-likeness (QED) is 0.490. The third-order valence-electron chi connectivity index (χ3n) is 4.69. The van der Waals surface area contributed by atoms with Crippen LogP contribution in [0.25, 0.3) is 0 Å². The van der Waals surface area contributed by atoms with Gasteiger partial charge in [-0.05, 0) is 67.8 Å². The maximum atomic E-state index is 13.4. The van der Waals surface area contributed by atoms with E-state index in [4.69, 9.17) is 5.73 Å². The molecule has 0 aliphatic carbocycles. The van der Waals surface area contributed by atoms with Gasteiger partial charge in [0, 0.05) is 16.1 Å². The zero-order chi connectivity index (χ0) is 23.3. The van der Waals surface area contributed by atoms with Crippen molar-refractivity contribution in [3.63, 3.8) is 0 Å². The molecule has 3 rings (SSSR count).